The Morgan fingerprint density at radius 1 is 1.24 bits per heavy atom. The molecule has 1 aliphatic carbocycles. The number of nitrogens with zero attached hydrogens (tertiary/aromatic N) is 1. The third-order valence-electron chi connectivity index (χ3n) is 5.95. The quantitative estimate of drug-likeness (QED) is 0.427. The smallest absolute Gasteiger partial charge is 0.268 e. The van der Waals surface area contributed by atoms with Crippen molar-refractivity contribution < 1.29 is 5.11 Å². The van der Waals surface area contributed by atoms with Crippen molar-refractivity contribution in [3.8, 4) is 16.9 Å². The highest BCUT2D eigenvalue weighted by molar-refractivity contribution is 7.16. The minimum absolute atomic E-state index is 0. The van der Waals surface area contributed by atoms with Gasteiger partial charge in [0.15, 0.2) is 0 Å². The van der Waals surface area contributed by atoms with Crippen LogP contribution in [0.15, 0.2) is 40.6 Å². The Kier molecular flexibility index (Phi) is 5.11. The van der Waals surface area contributed by atoms with Crippen LogP contribution in [0.3, 0.4) is 0 Å². The van der Waals surface area contributed by atoms with Gasteiger partial charge in [-0.05, 0) is 48.4 Å². The number of phenolic OH excluding ortho intramolecular Hbond substituents is 1. The summed E-state index contributed by atoms with van der Waals surface area (Å²) in [4.78, 5) is 19.8. The fraction of sp³-hybridized carbons (Fsp3) is 0.273. The van der Waals surface area contributed by atoms with Crippen molar-refractivity contribution in [2.24, 2.45) is 5.73 Å². The molecule has 5 nitrogen and oxygen atoms in total. The lowest BCUT2D eigenvalue weighted by Crippen LogP contribution is -2.22. The molecule has 0 bridgehead atoms. The molecule has 150 valence electrons. The lowest BCUT2D eigenvalue weighted by molar-refractivity contribution is 0.477. The van der Waals surface area contributed by atoms with Gasteiger partial charge in [-0.15, -0.1) is 23.7 Å². The fourth-order valence-electron chi connectivity index (χ4n) is 4.54. The van der Waals surface area contributed by atoms with Crippen molar-refractivity contribution in [3.05, 3.63) is 57.3 Å². The molecular weight excluding hydrogens is 406 g/mol. The second-order valence-corrected chi connectivity index (χ2v) is 8.50. The molecule has 0 amide bonds. The third-order valence-corrected chi connectivity index (χ3v) is 6.77. The van der Waals surface area contributed by atoms with E-state index in [4.69, 9.17) is 5.73 Å². The number of rotatable bonds is 2. The molecule has 29 heavy (non-hydrogen) atoms. The molecule has 0 saturated heterocycles. The summed E-state index contributed by atoms with van der Waals surface area (Å²) in [5, 5.41) is 11.6. The summed E-state index contributed by atoms with van der Waals surface area (Å²) in [5.41, 5.74) is 12.8. The molecule has 0 radical (unpaired) electrons. The zero-order valence-electron chi connectivity index (χ0n) is 15.9. The summed E-state index contributed by atoms with van der Waals surface area (Å²) in [5.74, 6) is 0.593. The number of nitrogens with one attached hydrogen (secondary N) is 1. The van der Waals surface area contributed by atoms with Crippen molar-refractivity contribution in [2.75, 3.05) is 0 Å². The summed E-state index contributed by atoms with van der Waals surface area (Å²) in [7, 11) is 0. The van der Waals surface area contributed by atoms with Gasteiger partial charge in [-0.3, -0.25) is 4.79 Å². The van der Waals surface area contributed by atoms with Gasteiger partial charge < -0.3 is 15.8 Å². The number of halogens is 1. The first kappa shape index (κ1) is 19.9. The van der Waals surface area contributed by atoms with Gasteiger partial charge in [-0.2, -0.15) is 0 Å². The van der Waals surface area contributed by atoms with Crippen LogP contribution >= 0.6 is 23.7 Å². The predicted molar refractivity (Wildman–Crippen MR) is 121 cm³/mol. The number of thiazole rings is 1. The summed E-state index contributed by atoms with van der Waals surface area (Å²) < 4.78 is 0.576. The van der Waals surface area contributed by atoms with Crippen molar-refractivity contribution in [3.63, 3.8) is 0 Å². The SMILES string of the molecule is Cc1cc(O)c(-c2ccc([C@@H]3CCC[C@@H]3N)cc2)c2c1[nH]c(=O)c1scnc12.Cl. The molecule has 4 aromatic rings. The van der Waals surface area contributed by atoms with Crippen molar-refractivity contribution in [2.45, 2.75) is 38.1 Å². The van der Waals surface area contributed by atoms with Gasteiger partial charge in [0.05, 0.1) is 16.5 Å². The predicted octanol–water partition coefficient (Wildman–Crippen LogP) is 4.84. The standard InChI is InChI=1S/C22H21N3O2S.ClH/c1-11-9-16(26)17(18-19(11)25-22(27)21-20(18)24-10-28-21)13-7-5-12(6-8-13)14-3-2-4-15(14)23;/h5-10,14-15,26H,2-4,23H2,1H3,(H,25,27);1H/t14-,15-;/m0./s1. The molecule has 2 heterocycles. The van der Waals surface area contributed by atoms with Gasteiger partial charge in [-0.1, -0.05) is 30.7 Å². The van der Waals surface area contributed by atoms with Crippen molar-refractivity contribution >= 4 is 44.9 Å². The molecule has 2 aromatic carbocycles. The van der Waals surface area contributed by atoms with Crippen molar-refractivity contribution in [1.82, 2.24) is 9.97 Å². The Balaban J connectivity index is 0.00000205. The average Bonchev–Trinajstić information content (AvgIpc) is 3.33. The molecular formula is C22H22ClN3O2S. The monoisotopic (exact) mass is 427 g/mol. The van der Waals surface area contributed by atoms with Gasteiger partial charge in [0.1, 0.15) is 10.4 Å². The number of hydrogen-bond acceptors (Lipinski definition) is 5. The Morgan fingerprint density at radius 3 is 2.69 bits per heavy atom. The number of aromatic amines is 1. The molecule has 7 heteroatoms. The van der Waals surface area contributed by atoms with E-state index < -0.39 is 0 Å². The molecule has 1 aliphatic rings. The molecule has 2 aromatic heterocycles. The number of fused-ring (bicyclic) bond motifs is 3. The van der Waals surface area contributed by atoms with Crippen LogP contribution in [0.5, 0.6) is 5.75 Å². The van der Waals surface area contributed by atoms with Crippen LogP contribution in [0.4, 0.5) is 0 Å². The van der Waals surface area contributed by atoms with E-state index in [1.165, 1.54) is 23.3 Å². The first-order valence-electron chi connectivity index (χ1n) is 9.52. The number of aryl methyl sites for hydroxylation is 1. The lowest BCUT2D eigenvalue weighted by Gasteiger charge is -2.17. The highest BCUT2D eigenvalue weighted by atomic mass is 35.5. The van der Waals surface area contributed by atoms with E-state index in [9.17, 15) is 9.90 Å². The molecule has 1 fully saturated rings. The summed E-state index contributed by atoms with van der Waals surface area (Å²) in [6.45, 7) is 1.88. The second-order valence-electron chi connectivity index (χ2n) is 7.65. The van der Waals surface area contributed by atoms with Crippen molar-refractivity contribution in [1.29, 1.82) is 0 Å². The minimum atomic E-state index is -0.143. The maximum atomic E-state index is 12.4. The maximum Gasteiger partial charge on any atom is 0.268 e. The fourth-order valence-corrected chi connectivity index (χ4v) is 5.23. The highest BCUT2D eigenvalue weighted by Gasteiger charge is 2.25. The van der Waals surface area contributed by atoms with E-state index in [-0.39, 0.29) is 29.8 Å². The molecule has 0 spiro atoms. The van der Waals surface area contributed by atoms with Crippen LogP contribution in [0.1, 0.15) is 36.3 Å². The molecule has 4 N–H and O–H groups in total. The summed E-state index contributed by atoms with van der Waals surface area (Å²) in [6.07, 6.45) is 3.37. The zero-order chi connectivity index (χ0) is 19.4. The zero-order valence-corrected chi connectivity index (χ0v) is 17.6. The average molecular weight is 428 g/mol. The van der Waals surface area contributed by atoms with E-state index in [1.54, 1.807) is 11.6 Å². The van der Waals surface area contributed by atoms with E-state index >= 15 is 0 Å². The Bertz CT molecular complexity index is 1260. The van der Waals surface area contributed by atoms with Gasteiger partial charge in [0, 0.05) is 17.0 Å². The number of pyridine rings is 1. The number of hydrogen-bond donors (Lipinski definition) is 3. The Hall–Kier alpha value is -2.41. The van der Waals surface area contributed by atoms with E-state index in [0.717, 1.165) is 34.9 Å². The lowest BCUT2D eigenvalue weighted by atomic mass is 9.91. The molecule has 0 aliphatic heterocycles. The first-order valence-corrected chi connectivity index (χ1v) is 10.4. The van der Waals surface area contributed by atoms with Crippen LogP contribution in [-0.2, 0) is 0 Å². The van der Waals surface area contributed by atoms with Crippen LogP contribution in [0.25, 0.3) is 32.2 Å². The minimum Gasteiger partial charge on any atom is -0.507 e. The Labute approximate surface area is 178 Å². The topological polar surface area (TPSA) is 92.0 Å². The largest absolute Gasteiger partial charge is 0.507 e. The summed E-state index contributed by atoms with van der Waals surface area (Å²) >= 11 is 1.31. The number of aromatic hydroxyl groups is 1. The van der Waals surface area contributed by atoms with E-state index in [1.807, 2.05) is 19.1 Å². The second kappa shape index (κ2) is 7.44. The molecule has 0 unspecified atom stereocenters. The summed E-state index contributed by atoms with van der Waals surface area (Å²) in [6, 6.07) is 10.2. The number of nitrogens with two attached hydrogens (primary N) is 1. The number of aromatic nitrogens is 2. The molecule has 5 rings (SSSR count). The van der Waals surface area contributed by atoms with Crippen LogP contribution in [-0.4, -0.2) is 21.1 Å². The van der Waals surface area contributed by atoms with E-state index in [2.05, 4.69) is 22.1 Å². The Morgan fingerprint density at radius 2 is 2.00 bits per heavy atom. The highest BCUT2D eigenvalue weighted by Crippen LogP contribution is 2.41. The van der Waals surface area contributed by atoms with E-state index in [0.29, 0.717) is 21.7 Å². The normalized spacial score (nSPS) is 19.0. The van der Waals surface area contributed by atoms with Gasteiger partial charge in [-0.25, -0.2) is 4.98 Å². The van der Waals surface area contributed by atoms with Gasteiger partial charge in [0.2, 0.25) is 0 Å². The maximum absolute atomic E-state index is 12.4. The molecule has 1 saturated carbocycles. The molecule has 2 atom stereocenters. The van der Waals surface area contributed by atoms with Crippen LogP contribution in [0.2, 0.25) is 0 Å². The third kappa shape index (κ3) is 3.12. The first-order chi connectivity index (χ1) is 13.5. The van der Waals surface area contributed by atoms with Crippen LogP contribution < -0.4 is 11.3 Å². The van der Waals surface area contributed by atoms with Gasteiger partial charge in [0.25, 0.3) is 5.56 Å². The number of H-pyrrole nitrogens is 1. The number of phenols is 1. The van der Waals surface area contributed by atoms with Crippen LogP contribution in [0, 0.1) is 6.92 Å². The number of benzene rings is 2. The van der Waals surface area contributed by atoms with Gasteiger partial charge >= 0.3 is 0 Å².